The zero-order valence-electron chi connectivity index (χ0n) is 13.6. The Hall–Kier alpha value is -0.650. The Balaban J connectivity index is 1.81. The predicted molar refractivity (Wildman–Crippen MR) is 90.0 cm³/mol. The fourth-order valence-corrected chi connectivity index (χ4v) is 4.24. The van der Waals surface area contributed by atoms with Gasteiger partial charge in [-0.25, -0.2) is 4.98 Å². The predicted octanol–water partition coefficient (Wildman–Crippen LogP) is 3.02. The molecule has 1 aromatic heterocycles. The molecular weight excluding hydrogens is 282 g/mol. The van der Waals surface area contributed by atoms with E-state index in [1.54, 1.807) is 11.3 Å². The molecule has 120 valence electrons. The van der Waals surface area contributed by atoms with Crippen LogP contribution in [0.3, 0.4) is 0 Å². The Morgan fingerprint density at radius 3 is 2.90 bits per heavy atom. The molecule has 0 spiro atoms. The third-order valence-corrected chi connectivity index (χ3v) is 5.45. The number of thiazole rings is 1. The Labute approximate surface area is 132 Å². The molecule has 21 heavy (non-hydrogen) atoms. The molecule has 1 aliphatic rings. The summed E-state index contributed by atoms with van der Waals surface area (Å²) in [6.07, 6.45) is 6.21. The number of rotatable bonds is 7. The van der Waals surface area contributed by atoms with Gasteiger partial charge in [0.25, 0.3) is 0 Å². The van der Waals surface area contributed by atoms with Gasteiger partial charge in [-0.1, -0.05) is 19.8 Å². The van der Waals surface area contributed by atoms with Gasteiger partial charge < -0.3 is 15.3 Å². The second kappa shape index (κ2) is 7.56. The lowest BCUT2D eigenvalue weighted by molar-refractivity contribution is -0.0118. The van der Waals surface area contributed by atoms with Crippen LogP contribution in [0.15, 0.2) is 6.20 Å². The molecule has 0 aliphatic heterocycles. The first-order valence-corrected chi connectivity index (χ1v) is 9.00. The van der Waals surface area contributed by atoms with Crippen LogP contribution in [0.1, 0.15) is 51.3 Å². The van der Waals surface area contributed by atoms with Gasteiger partial charge in [-0.2, -0.15) is 0 Å². The Morgan fingerprint density at radius 1 is 1.48 bits per heavy atom. The van der Waals surface area contributed by atoms with E-state index in [1.807, 2.05) is 6.20 Å². The van der Waals surface area contributed by atoms with Crippen LogP contribution in [0, 0.1) is 5.92 Å². The van der Waals surface area contributed by atoms with Gasteiger partial charge in [-0.05, 0) is 32.6 Å². The van der Waals surface area contributed by atoms with E-state index < -0.39 is 5.60 Å². The summed E-state index contributed by atoms with van der Waals surface area (Å²) in [6.45, 7) is 10.0. The van der Waals surface area contributed by atoms with Crippen molar-refractivity contribution < 1.29 is 5.11 Å². The number of hydrogen-bond donors (Lipinski definition) is 2. The second-order valence-electron chi connectivity index (χ2n) is 6.31. The molecule has 2 N–H and O–H groups in total. The lowest BCUT2D eigenvalue weighted by Crippen LogP contribution is -2.43. The molecule has 2 unspecified atom stereocenters. The number of aromatic nitrogens is 1. The summed E-state index contributed by atoms with van der Waals surface area (Å²) in [6, 6.07) is 0. The maximum absolute atomic E-state index is 10.6. The van der Waals surface area contributed by atoms with Gasteiger partial charge in [-0.15, -0.1) is 11.3 Å². The summed E-state index contributed by atoms with van der Waals surface area (Å²) >= 11 is 1.75. The van der Waals surface area contributed by atoms with Crippen molar-refractivity contribution in [1.82, 2.24) is 10.3 Å². The highest BCUT2D eigenvalue weighted by molar-refractivity contribution is 7.15. The van der Waals surface area contributed by atoms with E-state index in [-0.39, 0.29) is 0 Å². The molecule has 1 saturated carbocycles. The first-order valence-electron chi connectivity index (χ1n) is 8.19. The van der Waals surface area contributed by atoms with Crippen molar-refractivity contribution in [2.45, 2.75) is 58.6 Å². The fourth-order valence-electron chi connectivity index (χ4n) is 3.23. The minimum atomic E-state index is -0.510. The molecule has 1 aromatic rings. The summed E-state index contributed by atoms with van der Waals surface area (Å²) in [5.41, 5.74) is -0.510. The van der Waals surface area contributed by atoms with Gasteiger partial charge in [0.05, 0.1) is 5.60 Å². The Bertz CT molecular complexity index is 433. The van der Waals surface area contributed by atoms with Crippen molar-refractivity contribution >= 4 is 16.5 Å². The highest BCUT2D eigenvalue weighted by Gasteiger charge is 2.32. The lowest BCUT2D eigenvalue weighted by atomic mass is 9.79. The van der Waals surface area contributed by atoms with Crippen LogP contribution in [0.4, 0.5) is 5.13 Å². The minimum absolute atomic E-state index is 0.510. The van der Waals surface area contributed by atoms with E-state index in [0.717, 1.165) is 44.0 Å². The molecule has 0 radical (unpaired) electrons. The van der Waals surface area contributed by atoms with Crippen LogP contribution in [0.25, 0.3) is 0 Å². The van der Waals surface area contributed by atoms with Gasteiger partial charge in [0.1, 0.15) is 0 Å². The molecule has 2 rings (SSSR count). The van der Waals surface area contributed by atoms with E-state index in [9.17, 15) is 5.11 Å². The van der Waals surface area contributed by atoms with Gasteiger partial charge in [0, 0.05) is 37.3 Å². The number of aliphatic hydroxyl groups is 1. The molecular formula is C16H29N3OS. The molecule has 5 heteroatoms. The third kappa shape index (κ3) is 4.66. The van der Waals surface area contributed by atoms with E-state index in [1.165, 1.54) is 11.3 Å². The fraction of sp³-hybridized carbons (Fsp3) is 0.812. The zero-order valence-corrected chi connectivity index (χ0v) is 14.4. The molecule has 0 saturated heterocycles. The molecule has 1 fully saturated rings. The summed E-state index contributed by atoms with van der Waals surface area (Å²) in [5.74, 6) is 0.642. The average Bonchev–Trinajstić information content (AvgIpc) is 2.88. The zero-order chi connectivity index (χ0) is 15.3. The number of nitrogens with zero attached hydrogens (tertiary/aromatic N) is 2. The number of nitrogens with one attached hydrogen (secondary N) is 1. The molecule has 0 bridgehead atoms. The molecule has 1 heterocycles. The lowest BCUT2D eigenvalue weighted by Gasteiger charge is -2.35. The first-order chi connectivity index (χ1) is 10.1. The molecule has 0 aromatic carbocycles. The Morgan fingerprint density at radius 2 is 2.24 bits per heavy atom. The van der Waals surface area contributed by atoms with Crippen molar-refractivity contribution in [3.63, 3.8) is 0 Å². The smallest absolute Gasteiger partial charge is 0.185 e. The second-order valence-corrected chi connectivity index (χ2v) is 7.40. The standard InChI is InChI=1S/C16H29N3OS/c1-4-19(5-2)15-18-11-14(21-15)10-17-12-16(20)8-6-7-13(3)9-16/h11,13,17,20H,4-10,12H2,1-3H3. The van der Waals surface area contributed by atoms with Gasteiger partial charge in [0.2, 0.25) is 0 Å². The van der Waals surface area contributed by atoms with Crippen LogP contribution < -0.4 is 10.2 Å². The van der Waals surface area contributed by atoms with E-state index in [0.29, 0.717) is 12.5 Å². The number of hydrogen-bond acceptors (Lipinski definition) is 5. The van der Waals surface area contributed by atoms with Gasteiger partial charge in [0.15, 0.2) is 5.13 Å². The molecule has 4 nitrogen and oxygen atoms in total. The van der Waals surface area contributed by atoms with E-state index in [2.05, 4.69) is 36.0 Å². The van der Waals surface area contributed by atoms with Crippen molar-refractivity contribution in [3.05, 3.63) is 11.1 Å². The summed E-state index contributed by atoms with van der Waals surface area (Å²) in [5, 5.41) is 15.1. The van der Waals surface area contributed by atoms with Crippen molar-refractivity contribution in [1.29, 1.82) is 0 Å². The monoisotopic (exact) mass is 311 g/mol. The van der Waals surface area contributed by atoms with Crippen LogP contribution in [-0.4, -0.2) is 35.3 Å². The van der Waals surface area contributed by atoms with E-state index in [4.69, 9.17) is 0 Å². The highest BCUT2D eigenvalue weighted by atomic mass is 32.1. The Kier molecular flexibility index (Phi) is 6.02. The summed E-state index contributed by atoms with van der Waals surface area (Å²) in [4.78, 5) is 8.00. The third-order valence-electron chi connectivity index (χ3n) is 4.40. The quantitative estimate of drug-likeness (QED) is 0.812. The number of anilines is 1. The largest absolute Gasteiger partial charge is 0.389 e. The van der Waals surface area contributed by atoms with Crippen LogP contribution >= 0.6 is 11.3 Å². The summed E-state index contributed by atoms with van der Waals surface area (Å²) in [7, 11) is 0. The topological polar surface area (TPSA) is 48.4 Å². The maximum atomic E-state index is 10.6. The maximum Gasteiger partial charge on any atom is 0.185 e. The van der Waals surface area contributed by atoms with Crippen molar-refractivity contribution in [3.8, 4) is 0 Å². The van der Waals surface area contributed by atoms with E-state index >= 15 is 0 Å². The SMILES string of the molecule is CCN(CC)c1ncc(CNCC2(O)CCCC(C)C2)s1. The molecule has 0 amide bonds. The van der Waals surface area contributed by atoms with Crippen LogP contribution in [0.2, 0.25) is 0 Å². The van der Waals surface area contributed by atoms with Crippen molar-refractivity contribution in [2.24, 2.45) is 5.92 Å². The molecule has 1 aliphatic carbocycles. The minimum Gasteiger partial charge on any atom is -0.389 e. The molecule has 2 atom stereocenters. The van der Waals surface area contributed by atoms with Crippen molar-refractivity contribution in [2.75, 3.05) is 24.5 Å². The van der Waals surface area contributed by atoms with Crippen LogP contribution in [0.5, 0.6) is 0 Å². The van der Waals surface area contributed by atoms with Crippen LogP contribution in [-0.2, 0) is 6.54 Å². The highest BCUT2D eigenvalue weighted by Crippen LogP contribution is 2.31. The van der Waals surface area contributed by atoms with Gasteiger partial charge in [-0.3, -0.25) is 0 Å². The normalized spacial score (nSPS) is 26.0. The summed E-state index contributed by atoms with van der Waals surface area (Å²) < 4.78 is 0. The average molecular weight is 311 g/mol. The first kappa shape index (κ1) is 16.7. The van der Waals surface area contributed by atoms with Gasteiger partial charge >= 0.3 is 0 Å².